The van der Waals surface area contributed by atoms with Crippen LogP contribution in [-0.4, -0.2) is 45.5 Å². The van der Waals surface area contributed by atoms with E-state index in [0.717, 1.165) is 25.7 Å². The Bertz CT molecular complexity index is 533. The molecule has 0 aromatic rings. The van der Waals surface area contributed by atoms with Crippen molar-refractivity contribution in [2.45, 2.75) is 95.6 Å². The molecule has 156 valence electrons. The van der Waals surface area contributed by atoms with Gasteiger partial charge in [-0.3, -0.25) is 4.79 Å². The highest BCUT2D eigenvalue weighted by molar-refractivity contribution is 7.81. The molecule has 0 bridgehead atoms. The molecule has 1 fully saturated rings. The minimum Gasteiger partial charge on any atom is -0.480 e. The molecule has 1 aliphatic carbocycles. The summed E-state index contributed by atoms with van der Waals surface area (Å²) in [4.78, 5) is 36.5. The fraction of sp³-hybridized carbons (Fsp3) is 0.842. The first-order valence-electron chi connectivity index (χ1n) is 9.54. The fourth-order valence-electron chi connectivity index (χ4n) is 3.22. The number of thiol groups is 1. The van der Waals surface area contributed by atoms with Gasteiger partial charge >= 0.3 is 12.1 Å². The number of ether oxygens (including phenoxy) is 1. The molecule has 0 aromatic heterocycles. The minimum absolute atomic E-state index is 0.316. The number of carbonyl (C=O) groups excluding carboxylic acids is 2. The van der Waals surface area contributed by atoms with Gasteiger partial charge in [-0.15, -0.1) is 0 Å². The number of rotatable bonds is 7. The Morgan fingerprint density at radius 2 is 1.63 bits per heavy atom. The summed E-state index contributed by atoms with van der Waals surface area (Å²) in [5.74, 6) is -1.38. The van der Waals surface area contributed by atoms with E-state index in [2.05, 4.69) is 23.3 Å². The molecule has 0 saturated heterocycles. The Morgan fingerprint density at radius 3 is 2.07 bits per heavy atom. The van der Waals surface area contributed by atoms with Crippen molar-refractivity contribution in [3.63, 3.8) is 0 Å². The number of amides is 2. The highest BCUT2D eigenvalue weighted by Crippen LogP contribution is 2.28. The van der Waals surface area contributed by atoms with Crippen LogP contribution in [0.15, 0.2) is 0 Å². The van der Waals surface area contributed by atoms with E-state index < -0.39 is 40.4 Å². The number of carboxylic acid groups (broad SMARTS) is 1. The van der Waals surface area contributed by atoms with E-state index >= 15 is 0 Å². The first-order valence-corrected chi connectivity index (χ1v) is 9.99. The van der Waals surface area contributed by atoms with E-state index in [1.807, 2.05) is 0 Å². The van der Waals surface area contributed by atoms with Gasteiger partial charge in [-0.1, -0.05) is 32.1 Å². The molecule has 2 amide bonds. The summed E-state index contributed by atoms with van der Waals surface area (Å²) >= 11 is 4.28. The summed E-state index contributed by atoms with van der Waals surface area (Å²) in [5.41, 5.74) is -0.688. The Balaban J connectivity index is 2.88. The molecule has 0 spiro atoms. The maximum Gasteiger partial charge on any atom is 0.408 e. The van der Waals surface area contributed by atoms with Gasteiger partial charge in [0.2, 0.25) is 5.91 Å². The summed E-state index contributed by atoms with van der Waals surface area (Å²) in [6.45, 7) is 8.46. The second-order valence-corrected chi connectivity index (χ2v) is 10.0. The third kappa shape index (κ3) is 8.86. The molecular formula is C19H34N2O5S. The van der Waals surface area contributed by atoms with E-state index in [0.29, 0.717) is 12.3 Å². The van der Waals surface area contributed by atoms with Crippen LogP contribution in [0, 0.1) is 5.92 Å². The number of carbonyl (C=O) groups is 3. The lowest BCUT2D eigenvalue weighted by molar-refractivity contribution is -0.142. The van der Waals surface area contributed by atoms with Gasteiger partial charge in [-0.05, 0) is 47.0 Å². The van der Waals surface area contributed by atoms with Crippen molar-refractivity contribution in [2.24, 2.45) is 5.92 Å². The maximum absolute atomic E-state index is 12.8. The number of aliphatic carboxylic acids is 1. The molecule has 8 heteroatoms. The average molecular weight is 403 g/mol. The van der Waals surface area contributed by atoms with E-state index in [9.17, 15) is 19.5 Å². The molecule has 7 nitrogen and oxygen atoms in total. The third-order valence-corrected chi connectivity index (χ3v) is 4.80. The fourth-order valence-corrected chi connectivity index (χ4v) is 3.40. The van der Waals surface area contributed by atoms with Crippen molar-refractivity contribution >= 4 is 30.6 Å². The Morgan fingerprint density at radius 1 is 1.07 bits per heavy atom. The molecule has 3 N–H and O–H groups in total. The largest absolute Gasteiger partial charge is 0.480 e. The van der Waals surface area contributed by atoms with Crippen molar-refractivity contribution in [1.82, 2.24) is 10.6 Å². The van der Waals surface area contributed by atoms with E-state index in [4.69, 9.17) is 4.74 Å². The van der Waals surface area contributed by atoms with Crippen molar-refractivity contribution < 1.29 is 24.2 Å². The van der Waals surface area contributed by atoms with Gasteiger partial charge in [0, 0.05) is 4.75 Å². The molecular weight excluding hydrogens is 368 g/mol. The van der Waals surface area contributed by atoms with Gasteiger partial charge in [-0.25, -0.2) is 9.59 Å². The molecule has 1 saturated carbocycles. The molecule has 0 heterocycles. The SMILES string of the molecule is CC(C)(C)OC(=O)N[C@@H](CC1CCCCC1)C(=O)N[C@@H](C(=O)O)C(C)(C)S. The molecule has 0 aromatic carbocycles. The van der Waals surface area contributed by atoms with Gasteiger partial charge in [0.05, 0.1) is 0 Å². The second-order valence-electron chi connectivity index (χ2n) is 8.87. The molecule has 1 rings (SSSR count). The summed E-state index contributed by atoms with van der Waals surface area (Å²) < 4.78 is 4.31. The number of hydrogen-bond acceptors (Lipinski definition) is 5. The zero-order chi connectivity index (χ0) is 20.8. The standard InChI is InChI=1S/C19H34N2O5S/c1-18(2,3)26-17(25)20-13(11-12-9-7-6-8-10-12)15(22)21-14(16(23)24)19(4,5)27/h12-14,27H,6-11H2,1-5H3,(H,20,25)(H,21,22)(H,23,24)/t13-,14-/m0/s1. The first-order chi connectivity index (χ1) is 12.3. The van der Waals surface area contributed by atoms with Crippen LogP contribution in [0.3, 0.4) is 0 Å². The van der Waals surface area contributed by atoms with Crippen molar-refractivity contribution in [1.29, 1.82) is 0 Å². The van der Waals surface area contributed by atoms with Crippen LogP contribution in [0.5, 0.6) is 0 Å². The van der Waals surface area contributed by atoms with E-state index in [-0.39, 0.29) is 0 Å². The van der Waals surface area contributed by atoms with E-state index in [1.165, 1.54) is 6.42 Å². The molecule has 1 aliphatic rings. The van der Waals surface area contributed by atoms with Gasteiger partial charge < -0.3 is 20.5 Å². The summed E-state index contributed by atoms with van der Waals surface area (Å²) in [5, 5.41) is 14.6. The monoisotopic (exact) mass is 402 g/mol. The zero-order valence-electron chi connectivity index (χ0n) is 17.0. The van der Waals surface area contributed by atoms with Crippen molar-refractivity contribution in [2.75, 3.05) is 0 Å². The van der Waals surface area contributed by atoms with Gasteiger partial charge in [0.1, 0.15) is 17.7 Å². The highest BCUT2D eigenvalue weighted by Gasteiger charge is 2.36. The van der Waals surface area contributed by atoms with Crippen LogP contribution < -0.4 is 10.6 Å². The summed E-state index contributed by atoms with van der Waals surface area (Å²) in [6, 6.07) is -2.02. The maximum atomic E-state index is 12.8. The van der Waals surface area contributed by atoms with Crippen LogP contribution in [0.2, 0.25) is 0 Å². The normalized spacial score (nSPS) is 18.3. The lowest BCUT2D eigenvalue weighted by atomic mass is 9.84. The molecule has 0 radical (unpaired) electrons. The van der Waals surface area contributed by atoms with Crippen molar-refractivity contribution in [3.05, 3.63) is 0 Å². The minimum atomic E-state index is -1.18. The predicted octanol–water partition coefficient (Wildman–Crippen LogP) is 3.13. The van der Waals surface area contributed by atoms with Gasteiger partial charge in [-0.2, -0.15) is 12.6 Å². The smallest absolute Gasteiger partial charge is 0.408 e. The summed E-state index contributed by atoms with van der Waals surface area (Å²) in [6.07, 6.45) is 5.17. The molecule has 0 unspecified atom stereocenters. The second kappa shape index (κ2) is 9.66. The quantitative estimate of drug-likeness (QED) is 0.490. The Labute approximate surface area is 167 Å². The topological polar surface area (TPSA) is 105 Å². The van der Waals surface area contributed by atoms with Crippen LogP contribution in [0.25, 0.3) is 0 Å². The Kier molecular flexibility index (Phi) is 8.45. The predicted molar refractivity (Wildman–Crippen MR) is 107 cm³/mol. The third-order valence-electron chi connectivity index (χ3n) is 4.54. The summed E-state index contributed by atoms with van der Waals surface area (Å²) in [7, 11) is 0. The lowest BCUT2D eigenvalue weighted by Crippen LogP contribution is -2.57. The highest BCUT2D eigenvalue weighted by atomic mass is 32.1. The first kappa shape index (κ1) is 23.6. The van der Waals surface area contributed by atoms with Crippen molar-refractivity contribution in [3.8, 4) is 0 Å². The van der Waals surface area contributed by atoms with Crippen LogP contribution in [0.1, 0.15) is 73.1 Å². The van der Waals surface area contributed by atoms with Gasteiger partial charge in [0.25, 0.3) is 0 Å². The zero-order valence-corrected chi connectivity index (χ0v) is 17.9. The molecule has 2 atom stereocenters. The van der Waals surface area contributed by atoms with Crippen LogP contribution >= 0.6 is 12.6 Å². The number of nitrogens with one attached hydrogen (secondary N) is 2. The van der Waals surface area contributed by atoms with Crippen LogP contribution in [-0.2, 0) is 14.3 Å². The Hall–Kier alpha value is -1.44. The lowest BCUT2D eigenvalue weighted by Gasteiger charge is -2.31. The van der Waals surface area contributed by atoms with Gasteiger partial charge in [0.15, 0.2) is 0 Å². The number of alkyl carbamates (subject to hydrolysis) is 1. The average Bonchev–Trinajstić information content (AvgIpc) is 2.49. The van der Waals surface area contributed by atoms with Crippen LogP contribution in [0.4, 0.5) is 4.79 Å². The molecule has 0 aliphatic heterocycles. The molecule has 27 heavy (non-hydrogen) atoms. The number of hydrogen-bond donors (Lipinski definition) is 4. The number of carboxylic acids is 1. The van der Waals surface area contributed by atoms with E-state index in [1.54, 1.807) is 34.6 Å².